The molecule has 26 nitrogen and oxygen atoms in total. The number of sulfone groups is 2. The number of aromatic hydroxyl groups is 1. The number of anilines is 1. The Morgan fingerprint density at radius 1 is 0.623 bits per heavy atom. The summed E-state index contributed by atoms with van der Waals surface area (Å²) in [4.78, 5) is 9.98. The minimum atomic E-state index is -5.28. The highest BCUT2D eigenvalue weighted by Gasteiger charge is 2.28. The lowest BCUT2D eigenvalue weighted by Gasteiger charge is -2.14. The fourth-order valence-corrected chi connectivity index (χ4v) is 9.05. The number of amides is 1. The maximum Gasteiger partial charge on any atom is 0.397 e. The van der Waals surface area contributed by atoms with Gasteiger partial charge in [-0.15, -0.1) is 10.2 Å². The van der Waals surface area contributed by atoms with Crippen LogP contribution in [-0.2, 0) is 69.1 Å². The molecule has 0 aromatic heterocycles. The molecular formula is C29H30N6O20S6. The molecule has 4 aromatic carbocycles. The zero-order valence-electron chi connectivity index (χ0n) is 30.2. The van der Waals surface area contributed by atoms with Crippen LogP contribution in [0.4, 0.5) is 28.4 Å². The number of nitrogen functional groups attached to an aromatic ring is 1. The van der Waals surface area contributed by atoms with Gasteiger partial charge in [0.15, 0.2) is 25.4 Å². The van der Waals surface area contributed by atoms with Crippen molar-refractivity contribution < 1.29 is 87.0 Å². The molecule has 0 bridgehead atoms. The Morgan fingerprint density at radius 3 is 1.57 bits per heavy atom. The van der Waals surface area contributed by atoms with Crippen LogP contribution in [0.2, 0.25) is 0 Å². The third-order valence-electron chi connectivity index (χ3n) is 7.64. The van der Waals surface area contributed by atoms with E-state index in [4.69, 9.17) is 14.8 Å². The molecular weight excluding hydrogens is 945 g/mol. The second-order valence-electron chi connectivity index (χ2n) is 11.9. The number of phenolic OH excluding ortho intramolecular Hbond substituents is 1. The summed E-state index contributed by atoms with van der Waals surface area (Å²) in [7, 11) is -28.4. The van der Waals surface area contributed by atoms with Crippen molar-refractivity contribution in [2.75, 3.05) is 42.8 Å². The van der Waals surface area contributed by atoms with Gasteiger partial charge in [-0.2, -0.15) is 43.9 Å². The summed E-state index contributed by atoms with van der Waals surface area (Å²) in [5.41, 5.74) is 3.42. The van der Waals surface area contributed by atoms with Crippen LogP contribution in [0.5, 0.6) is 5.75 Å². The second kappa shape index (κ2) is 18.5. The van der Waals surface area contributed by atoms with Crippen molar-refractivity contribution in [3.05, 3.63) is 66.2 Å². The Balaban J connectivity index is 1.64. The van der Waals surface area contributed by atoms with Gasteiger partial charge in [0.25, 0.3) is 26.1 Å². The predicted octanol–water partition coefficient (Wildman–Crippen LogP) is 2.01. The van der Waals surface area contributed by atoms with E-state index in [1.165, 1.54) is 24.3 Å². The van der Waals surface area contributed by atoms with Crippen LogP contribution in [0.3, 0.4) is 0 Å². The van der Waals surface area contributed by atoms with Gasteiger partial charge in [-0.1, -0.05) is 0 Å². The highest BCUT2D eigenvalue weighted by molar-refractivity contribution is 7.91. The van der Waals surface area contributed by atoms with Crippen molar-refractivity contribution in [3.63, 3.8) is 0 Å². The molecule has 332 valence electrons. The maximum atomic E-state index is 12.5. The van der Waals surface area contributed by atoms with Gasteiger partial charge >= 0.3 is 20.8 Å². The van der Waals surface area contributed by atoms with E-state index in [1.807, 2.05) is 0 Å². The van der Waals surface area contributed by atoms with Crippen LogP contribution in [0.1, 0.15) is 10.4 Å². The number of nitrogens with zero attached hydrogens (tertiary/aromatic N) is 4. The molecule has 0 radical (unpaired) electrons. The first-order valence-corrected chi connectivity index (χ1v) is 25.1. The van der Waals surface area contributed by atoms with Crippen molar-refractivity contribution in [2.45, 2.75) is 14.7 Å². The fraction of sp³-hybridized carbons (Fsp3) is 0.207. The number of rotatable bonds is 19. The smallest absolute Gasteiger partial charge is 0.397 e. The van der Waals surface area contributed by atoms with E-state index in [9.17, 15) is 69.5 Å². The fourth-order valence-electron chi connectivity index (χ4n) is 4.88. The number of nitrogens with one attached hydrogen (secondary N) is 1. The Bertz CT molecular complexity index is 3110. The average Bonchev–Trinajstić information content (AvgIpc) is 3.12. The SMILES string of the molecule is Nc1c(N=Nc2ccc(S(=O)(=O)CCOS(=O)(=O)O)cc2)c(S(=O)(=O)O)cc2cc(S(=O)(=O)O)c(N=Nc3ccc(C(=O)NCCS(=O)(=O)CCOS(=O)(=O)O)cc3)c(O)c12. The Kier molecular flexibility index (Phi) is 14.7. The first kappa shape index (κ1) is 48.5. The van der Waals surface area contributed by atoms with Gasteiger partial charge < -0.3 is 16.2 Å². The number of carbonyl (C=O) groups is 1. The van der Waals surface area contributed by atoms with Crippen LogP contribution in [-0.4, -0.2) is 117 Å². The summed E-state index contributed by atoms with van der Waals surface area (Å²) in [6.07, 6.45) is 0. The minimum Gasteiger partial charge on any atom is -0.505 e. The molecule has 0 unspecified atom stereocenters. The summed E-state index contributed by atoms with van der Waals surface area (Å²) in [5, 5.41) is 27.6. The van der Waals surface area contributed by atoms with E-state index in [0.29, 0.717) is 12.1 Å². The van der Waals surface area contributed by atoms with Crippen LogP contribution in [0.15, 0.2) is 95.8 Å². The summed E-state index contributed by atoms with van der Waals surface area (Å²) in [6.45, 7) is -2.18. The van der Waals surface area contributed by atoms with Gasteiger partial charge in [0.2, 0.25) is 0 Å². The highest BCUT2D eigenvalue weighted by atomic mass is 32.3. The number of azo groups is 2. The van der Waals surface area contributed by atoms with E-state index >= 15 is 0 Å². The van der Waals surface area contributed by atoms with Gasteiger partial charge in [0.05, 0.1) is 57.8 Å². The summed E-state index contributed by atoms with van der Waals surface area (Å²) < 4.78 is 186. The lowest BCUT2D eigenvalue weighted by Crippen LogP contribution is -2.30. The predicted molar refractivity (Wildman–Crippen MR) is 209 cm³/mol. The quantitative estimate of drug-likeness (QED) is 0.0401. The van der Waals surface area contributed by atoms with Gasteiger partial charge in [-0.3, -0.25) is 23.0 Å². The molecule has 4 rings (SSSR count). The monoisotopic (exact) mass is 974 g/mol. The highest BCUT2D eigenvalue weighted by Crippen LogP contribution is 2.48. The molecule has 0 heterocycles. The van der Waals surface area contributed by atoms with Crippen LogP contribution < -0.4 is 11.1 Å². The van der Waals surface area contributed by atoms with E-state index in [-0.39, 0.29) is 21.8 Å². The molecule has 0 saturated carbocycles. The number of hydrogen-bond donors (Lipinski definition) is 7. The number of fused-ring (bicyclic) bond motifs is 1. The molecule has 0 aliphatic heterocycles. The molecule has 0 spiro atoms. The van der Waals surface area contributed by atoms with Crippen LogP contribution in [0.25, 0.3) is 10.8 Å². The third-order valence-corrected chi connectivity index (χ3v) is 13.6. The van der Waals surface area contributed by atoms with Crippen molar-refractivity contribution in [1.82, 2.24) is 5.32 Å². The number of hydrogen-bond acceptors (Lipinski definition) is 21. The first-order chi connectivity index (χ1) is 28.0. The largest absolute Gasteiger partial charge is 0.505 e. The molecule has 0 aliphatic carbocycles. The Hall–Kier alpha value is -5.13. The normalized spacial score (nSPS) is 13.3. The van der Waals surface area contributed by atoms with Crippen LogP contribution in [0, 0.1) is 0 Å². The topological polar surface area (TPSA) is 429 Å². The zero-order valence-corrected chi connectivity index (χ0v) is 35.1. The van der Waals surface area contributed by atoms with Crippen molar-refractivity contribution in [3.8, 4) is 5.75 Å². The third kappa shape index (κ3) is 13.7. The number of nitrogens with two attached hydrogens (primary N) is 1. The minimum absolute atomic E-state index is 0.0350. The Morgan fingerprint density at radius 2 is 1.08 bits per heavy atom. The summed E-state index contributed by atoms with van der Waals surface area (Å²) >= 11 is 0. The molecule has 61 heavy (non-hydrogen) atoms. The molecule has 8 N–H and O–H groups in total. The molecule has 0 fully saturated rings. The average molecular weight is 975 g/mol. The molecule has 0 aliphatic rings. The maximum absolute atomic E-state index is 12.5. The van der Waals surface area contributed by atoms with Gasteiger partial charge in [-0.05, 0) is 66.0 Å². The number of carbonyl (C=O) groups excluding carboxylic acids is 1. The standard InChI is InChI=1S/C29H30N6O20S6/c30-25-24-18(15-22(58(42,43)44)26(25)34-32-20-5-7-21(8-6-20)57(40,41)14-11-55-61(51,52)53)16-23(59(45,46)47)27(28(24)36)35-33-19-3-1-17(2-4-19)29(37)31-9-12-56(38,39)13-10-54-60(48,49)50/h1-8,15-16,36H,9-14,30H2,(H,31,37)(H,42,43,44)(H,45,46,47)(H,48,49,50)(H,51,52,53). The van der Waals surface area contributed by atoms with Crippen molar-refractivity contribution in [1.29, 1.82) is 0 Å². The van der Waals surface area contributed by atoms with E-state index in [2.05, 4.69) is 34.1 Å². The van der Waals surface area contributed by atoms with E-state index < -0.39 is 147 Å². The van der Waals surface area contributed by atoms with Gasteiger partial charge in [-0.25, -0.2) is 25.2 Å². The second-order valence-corrected chi connectivity index (χ2v) is 21.3. The van der Waals surface area contributed by atoms with Crippen molar-refractivity contribution in [2.24, 2.45) is 20.5 Å². The lowest BCUT2D eigenvalue weighted by molar-refractivity contribution is 0.0956. The summed E-state index contributed by atoms with van der Waals surface area (Å²) in [6, 6.07) is 10.1. The molecule has 0 atom stereocenters. The van der Waals surface area contributed by atoms with Gasteiger partial charge in [0, 0.05) is 12.1 Å². The molecule has 32 heteroatoms. The van der Waals surface area contributed by atoms with E-state index in [1.54, 1.807) is 0 Å². The molecule has 4 aromatic rings. The molecule has 0 saturated heterocycles. The number of benzene rings is 4. The zero-order chi connectivity index (χ0) is 45.8. The van der Waals surface area contributed by atoms with E-state index in [0.717, 1.165) is 24.3 Å². The van der Waals surface area contributed by atoms with Crippen molar-refractivity contribution >= 4 is 106 Å². The summed E-state index contributed by atoms with van der Waals surface area (Å²) in [5.74, 6) is -4.14. The first-order valence-electron chi connectivity index (χ1n) is 16.0. The lowest BCUT2D eigenvalue weighted by atomic mass is 10.1. The van der Waals surface area contributed by atoms with Gasteiger partial charge in [0.1, 0.15) is 21.2 Å². The van der Waals surface area contributed by atoms with Crippen LogP contribution >= 0.6 is 0 Å². The Labute approximate surface area is 346 Å². The molecule has 1 amide bonds. The number of phenols is 1.